The largest absolute Gasteiger partial charge is 0.494 e. The Morgan fingerprint density at radius 1 is 0.958 bits per heavy atom. The van der Waals surface area contributed by atoms with Gasteiger partial charge in [-0.2, -0.15) is 0 Å². The minimum absolute atomic E-state index is 0.609. The van der Waals surface area contributed by atoms with Crippen LogP contribution in [0.1, 0.15) is 18.5 Å². The third-order valence-corrected chi connectivity index (χ3v) is 3.16. The summed E-state index contributed by atoms with van der Waals surface area (Å²) >= 11 is 0. The molecule has 0 aliphatic carbocycles. The van der Waals surface area contributed by atoms with Gasteiger partial charge in [-0.1, -0.05) is 5.16 Å². The molecule has 2 N–H and O–H groups in total. The van der Waals surface area contributed by atoms with Crippen LogP contribution >= 0.6 is 0 Å². The maximum absolute atomic E-state index is 5.44. The smallest absolute Gasteiger partial charge is 0.175 e. The first-order chi connectivity index (χ1) is 11.6. The van der Waals surface area contributed by atoms with Crippen LogP contribution in [0.2, 0.25) is 0 Å². The van der Waals surface area contributed by atoms with Gasteiger partial charge in [0.05, 0.1) is 6.61 Å². The van der Waals surface area contributed by atoms with E-state index in [0.29, 0.717) is 29.9 Å². The first kappa shape index (κ1) is 15.8. The molecule has 0 radical (unpaired) electrons. The molecular formula is C17H19N5O2. The lowest BCUT2D eigenvalue weighted by Crippen LogP contribution is -2.01. The highest BCUT2D eigenvalue weighted by molar-refractivity contribution is 5.62. The number of aromatic nitrogens is 3. The summed E-state index contributed by atoms with van der Waals surface area (Å²) in [7, 11) is 0. The van der Waals surface area contributed by atoms with E-state index in [0.717, 1.165) is 17.2 Å². The van der Waals surface area contributed by atoms with E-state index in [-0.39, 0.29) is 0 Å². The van der Waals surface area contributed by atoms with E-state index in [9.17, 15) is 0 Å². The van der Waals surface area contributed by atoms with Crippen molar-refractivity contribution in [2.45, 2.75) is 20.8 Å². The minimum atomic E-state index is 0.609. The highest BCUT2D eigenvalue weighted by Gasteiger charge is 2.06. The summed E-state index contributed by atoms with van der Waals surface area (Å²) in [5.74, 6) is 4.16. The summed E-state index contributed by atoms with van der Waals surface area (Å²) < 4.78 is 10.5. The normalized spacial score (nSPS) is 10.5. The van der Waals surface area contributed by atoms with E-state index >= 15 is 0 Å². The number of benzene rings is 1. The van der Waals surface area contributed by atoms with Crippen LogP contribution in [0.25, 0.3) is 0 Å². The molecule has 0 saturated carbocycles. The summed E-state index contributed by atoms with van der Waals surface area (Å²) in [4.78, 5) is 8.75. The van der Waals surface area contributed by atoms with Crippen LogP contribution in [0, 0.1) is 13.8 Å². The third-order valence-electron chi connectivity index (χ3n) is 3.16. The summed E-state index contributed by atoms with van der Waals surface area (Å²) in [6.07, 6.45) is 0. The Kier molecular flexibility index (Phi) is 4.60. The van der Waals surface area contributed by atoms with E-state index in [1.165, 1.54) is 0 Å². The molecule has 7 nitrogen and oxygen atoms in total. The van der Waals surface area contributed by atoms with Gasteiger partial charge in [0.1, 0.15) is 29.0 Å². The van der Waals surface area contributed by atoms with Gasteiger partial charge < -0.3 is 19.9 Å². The molecule has 1 aromatic carbocycles. The van der Waals surface area contributed by atoms with Crippen molar-refractivity contribution >= 4 is 23.1 Å². The average Bonchev–Trinajstić information content (AvgIpc) is 2.94. The maximum Gasteiger partial charge on any atom is 0.175 e. The van der Waals surface area contributed by atoms with Crippen molar-refractivity contribution in [1.29, 1.82) is 0 Å². The Morgan fingerprint density at radius 3 is 2.29 bits per heavy atom. The van der Waals surface area contributed by atoms with Gasteiger partial charge in [0.2, 0.25) is 0 Å². The molecule has 7 heteroatoms. The van der Waals surface area contributed by atoms with Gasteiger partial charge in [0.15, 0.2) is 5.82 Å². The van der Waals surface area contributed by atoms with Crippen molar-refractivity contribution in [3.05, 3.63) is 48.0 Å². The fourth-order valence-corrected chi connectivity index (χ4v) is 2.20. The molecular weight excluding hydrogens is 306 g/mol. The van der Waals surface area contributed by atoms with Crippen molar-refractivity contribution < 1.29 is 9.26 Å². The van der Waals surface area contributed by atoms with E-state index in [1.807, 2.05) is 51.1 Å². The number of hydrogen-bond donors (Lipinski definition) is 2. The monoisotopic (exact) mass is 325 g/mol. The SMILES string of the molecule is CCOc1ccc(Nc2cc(Nc3cc(C)on3)nc(C)n2)cc1. The number of nitrogens with one attached hydrogen (secondary N) is 2. The molecule has 24 heavy (non-hydrogen) atoms. The highest BCUT2D eigenvalue weighted by Crippen LogP contribution is 2.22. The molecule has 0 saturated heterocycles. The molecule has 0 spiro atoms. The van der Waals surface area contributed by atoms with Crippen LogP contribution < -0.4 is 15.4 Å². The average molecular weight is 325 g/mol. The molecule has 3 rings (SSSR count). The lowest BCUT2D eigenvalue weighted by atomic mass is 10.3. The predicted molar refractivity (Wildman–Crippen MR) is 92.2 cm³/mol. The number of anilines is 4. The minimum Gasteiger partial charge on any atom is -0.494 e. The van der Waals surface area contributed by atoms with Gasteiger partial charge in [-0.05, 0) is 45.0 Å². The van der Waals surface area contributed by atoms with Gasteiger partial charge in [-0.15, -0.1) is 0 Å². The number of aryl methyl sites for hydroxylation is 2. The van der Waals surface area contributed by atoms with Crippen molar-refractivity contribution in [1.82, 2.24) is 15.1 Å². The lowest BCUT2D eigenvalue weighted by molar-refractivity contribution is 0.340. The fourth-order valence-electron chi connectivity index (χ4n) is 2.20. The summed E-state index contributed by atoms with van der Waals surface area (Å²) in [5, 5.41) is 10.3. The third kappa shape index (κ3) is 4.01. The van der Waals surface area contributed by atoms with E-state index in [4.69, 9.17) is 9.26 Å². The first-order valence-electron chi connectivity index (χ1n) is 7.68. The molecule has 2 heterocycles. The maximum atomic E-state index is 5.44. The second-order valence-corrected chi connectivity index (χ2v) is 5.22. The van der Waals surface area contributed by atoms with Crippen molar-refractivity contribution in [3.63, 3.8) is 0 Å². The zero-order valence-corrected chi connectivity index (χ0v) is 13.8. The lowest BCUT2D eigenvalue weighted by Gasteiger charge is -2.10. The van der Waals surface area contributed by atoms with Crippen LogP contribution in [0.5, 0.6) is 5.75 Å². The van der Waals surface area contributed by atoms with Crippen molar-refractivity contribution in [3.8, 4) is 5.75 Å². The number of hydrogen-bond acceptors (Lipinski definition) is 7. The second kappa shape index (κ2) is 6.99. The Hall–Kier alpha value is -3.09. The first-order valence-corrected chi connectivity index (χ1v) is 7.68. The van der Waals surface area contributed by atoms with Crippen LogP contribution in [0.15, 0.2) is 40.9 Å². The van der Waals surface area contributed by atoms with E-state index < -0.39 is 0 Å². The quantitative estimate of drug-likeness (QED) is 0.709. The molecule has 0 atom stereocenters. The molecule has 2 aromatic heterocycles. The molecule has 124 valence electrons. The summed E-state index contributed by atoms with van der Waals surface area (Å²) in [6, 6.07) is 11.3. The van der Waals surface area contributed by atoms with E-state index in [1.54, 1.807) is 6.07 Å². The van der Waals surface area contributed by atoms with Gasteiger partial charge in [0.25, 0.3) is 0 Å². The molecule has 3 aromatic rings. The Balaban J connectivity index is 1.75. The van der Waals surface area contributed by atoms with Gasteiger partial charge in [-0.25, -0.2) is 9.97 Å². The molecule has 0 aliphatic heterocycles. The fraction of sp³-hybridized carbons (Fsp3) is 0.235. The second-order valence-electron chi connectivity index (χ2n) is 5.22. The zero-order chi connectivity index (χ0) is 16.9. The molecule has 0 fully saturated rings. The van der Waals surface area contributed by atoms with Gasteiger partial charge >= 0.3 is 0 Å². The van der Waals surface area contributed by atoms with Crippen molar-refractivity contribution in [2.75, 3.05) is 17.2 Å². The summed E-state index contributed by atoms with van der Waals surface area (Å²) in [6.45, 7) is 6.28. The Morgan fingerprint density at radius 2 is 1.67 bits per heavy atom. The van der Waals surface area contributed by atoms with Crippen LogP contribution in [-0.2, 0) is 0 Å². The van der Waals surface area contributed by atoms with Gasteiger partial charge in [0, 0.05) is 17.8 Å². The topological polar surface area (TPSA) is 85.1 Å². The van der Waals surface area contributed by atoms with Crippen molar-refractivity contribution in [2.24, 2.45) is 0 Å². The molecule has 0 aliphatic rings. The van der Waals surface area contributed by atoms with Crippen LogP contribution in [-0.4, -0.2) is 21.7 Å². The van der Waals surface area contributed by atoms with Crippen LogP contribution in [0.4, 0.5) is 23.1 Å². The standard InChI is InChI=1S/C17H19N5O2/c1-4-23-14-7-5-13(6-8-14)20-15-10-16(19-12(3)18-15)21-17-9-11(2)24-22-17/h5-10H,4H2,1-3H3,(H2,18,19,20,21,22). The molecule has 0 bridgehead atoms. The molecule has 0 amide bonds. The van der Waals surface area contributed by atoms with E-state index in [2.05, 4.69) is 25.8 Å². The summed E-state index contributed by atoms with van der Waals surface area (Å²) in [5.41, 5.74) is 0.916. The highest BCUT2D eigenvalue weighted by atomic mass is 16.5. The number of nitrogens with zero attached hydrogens (tertiary/aromatic N) is 3. The molecule has 0 unspecified atom stereocenters. The van der Waals surface area contributed by atoms with Crippen LogP contribution in [0.3, 0.4) is 0 Å². The predicted octanol–water partition coefficient (Wildman–Crippen LogP) is 3.97. The zero-order valence-electron chi connectivity index (χ0n) is 13.8. The van der Waals surface area contributed by atoms with Gasteiger partial charge in [-0.3, -0.25) is 0 Å². The number of rotatable bonds is 6. The Labute approximate surface area is 140 Å². The number of ether oxygens (including phenoxy) is 1. The Bertz CT molecular complexity index is 814.